The predicted molar refractivity (Wildman–Crippen MR) is 109 cm³/mol. The number of terminal acetylenes is 1. The molecule has 0 fully saturated rings. The Labute approximate surface area is 168 Å². The Morgan fingerprint density at radius 3 is 2.88 bits per heavy atom. The van der Waals surface area contributed by atoms with Crippen molar-refractivity contribution in [2.75, 3.05) is 13.7 Å². The summed E-state index contributed by atoms with van der Waals surface area (Å²) in [6.07, 6.45) is 6.75. The Balaban J connectivity index is 2.13. The maximum absolute atomic E-state index is 12.1. The van der Waals surface area contributed by atoms with Crippen LogP contribution < -0.4 is 14.9 Å². The number of hydrogen-bond acceptors (Lipinski definition) is 4. The monoisotopic (exact) mass is 512 g/mol. The van der Waals surface area contributed by atoms with Gasteiger partial charge in [0.2, 0.25) is 0 Å². The number of benzene rings is 2. The van der Waals surface area contributed by atoms with Crippen LogP contribution in [0.15, 0.2) is 46.0 Å². The van der Waals surface area contributed by atoms with Crippen molar-refractivity contribution >= 4 is 50.6 Å². The molecule has 2 aromatic rings. The number of ether oxygens (including phenoxy) is 2. The summed E-state index contributed by atoms with van der Waals surface area (Å²) in [7, 11) is 1.55. The van der Waals surface area contributed by atoms with E-state index in [9.17, 15) is 4.79 Å². The molecule has 128 valence electrons. The van der Waals surface area contributed by atoms with E-state index in [1.807, 2.05) is 12.1 Å². The van der Waals surface area contributed by atoms with Gasteiger partial charge >= 0.3 is 0 Å². The first-order valence-corrected chi connectivity index (χ1v) is 8.95. The molecular formula is C18H14BrIN2O3. The van der Waals surface area contributed by atoms with E-state index in [1.54, 1.807) is 31.4 Å². The molecule has 7 heteroatoms. The van der Waals surface area contributed by atoms with Gasteiger partial charge in [0.1, 0.15) is 6.61 Å². The van der Waals surface area contributed by atoms with Gasteiger partial charge < -0.3 is 9.47 Å². The van der Waals surface area contributed by atoms with Crippen LogP contribution in [0.4, 0.5) is 0 Å². The molecule has 5 nitrogen and oxygen atoms in total. The number of amides is 1. The van der Waals surface area contributed by atoms with Crippen molar-refractivity contribution in [2.45, 2.75) is 0 Å². The number of nitrogens with zero attached hydrogens (tertiary/aromatic N) is 1. The van der Waals surface area contributed by atoms with Crippen molar-refractivity contribution in [1.82, 2.24) is 5.43 Å². The van der Waals surface area contributed by atoms with Gasteiger partial charge in [-0.25, -0.2) is 5.43 Å². The first-order chi connectivity index (χ1) is 12.1. The minimum absolute atomic E-state index is 0.155. The highest BCUT2D eigenvalue weighted by atomic mass is 127. The summed E-state index contributed by atoms with van der Waals surface area (Å²) in [5.74, 6) is 3.23. The van der Waals surface area contributed by atoms with Crippen molar-refractivity contribution in [2.24, 2.45) is 5.10 Å². The number of hydrogen-bond donors (Lipinski definition) is 1. The number of halogens is 2. The first kappa shape index (κ1) is 19.3. The van der Waals surface area contributed by atoms with Gasteiger partial charge in [0.25, 0.3) is 5.91 Å². The van der Waals surface area contributed by atoms with E-state index in [2.05, 4.69) is 55.0 Å². The van der Waals surface area contributed by atoms with E-state index in [4.69, 9.17) is 15.9 Å². The van der Waals surface area contributed by atoms with Crippen LogP contribution in [0.3, 0.4) is 0 Å². The van der Waals surface area contributed by atoms with Crippen molar-refractivity contribution in [3.05, 3.63) is 55.6 Å². The molecule has 0 aliphatic carbocycles. The molecular weight excluding hydrogens is 499 g/mol. The normalized spacial score (nSPS) is 10.3. The lowest BCUT2D eigenvalue weighted by Crippen LogP contribution is -2.18. The fourth-order valence-corrected chi connectivity index (χ4v) is 3.19. The molecule has 0 bridgehead atoms. The Hall–Kier alpha value is -2.05. The van der Waals surface area contributed by atoms with Crippen LogP contribution in [-0.2, 0) is 0 Å². The van der Waals surface area contributed by atoms with E-state index in [0.29, 0.717) is 21.5 Å². The largest absolute Gasteiger partial charge is 0.493 e. The first-order valence-electron chi connectivity index (χ1n) is 7.08. The standard InChI is InChI=1S/C18H14BrIN2O3/c1-3-8-25-17-15(20)9-12(10-16(17)24-2)11-21-22-18(23)13-6-4-5-7-14(13)19/h1,4-7,9-11H,8H2,2H3,(H,22,23)/b21-11+. The highest BCUT2D eigenvalue weighted by Gasteiger charge is 2.11. The minimum Gasteiger partial charge on any atom is -0.493 e. The molecule has 0 saturated heterocycles. The van der Waals surface area contributed by atoms with Gasteiger partial charge in [-0.3, -0.25) is 4.79 Å². The quantitative estimate of drug-likeness (QED) is 0.277. The van der Waals surface area contributed by atoms with Crippen molar-refractivity contribution in [1.29, 1.82) is 0 Å². The Morgan fingerprint density at radius 1 is 1.44 bits per heavy atom. The van der Waals surface area contributed by atoms with Crippen molar-refractivity contribution in [3.8, 4) is 23.8 Å². The van der Waals surface area contributed by atoms with Crippen molar-refractivity contribution in [3.63, 3.8) is 0 Å². The number of carbonyl (C=O) groups is 1. The van der Waals surface area contributed by atoms with E-state index >= 15 is 0 Å². The fraction of sp³-hybridized carbons (Fsp3) is 0.111. The van der Waals surface area contributed by atoms with Crippen LogP contribution in [0.2, 0.25) is 0 Å². The second kappa shape index (κ2) is 9.44. The Morgan fingerprint density at radius 2 is 2.20 bits per heavy atom. The molecule has 1 amide bonds. The summed E-state index contributed by atoms with van der Waals surface area (Å²) < 4.78 is 12.3. The number of hydrazone groups is 1. The van der Waals surface area contributed by atoms with Gasteiger partial charge in [-0.15, -0.1) is 6.42 Å². The SMILES string of the molecule is C#CCOc1c(I)cc(/C=N/NC(=O)c2ccccc2Br)cc1OC. The highest BCUT2D eigenvalue weighted by Crippen LogP contribution is 2.33. The molecule has 0 aliphatic heterocycles. The molecule has 0 aromatic heterocycles. The minimum atomic E-state index is -0.306. The zero-order valence-corrected chi connectivity index (χ0v) is 17.0. The molecule has 0 aliphatic rings. The second-order valence-electron chi connectivity index (χ2n) is 4.71. The summed E-state index contributed by atoms with van der Waals surface area (Å²) in [4.78, 5) is 12.1. The number of carbonyl (C=O) groups excluding carboxylic acids is 1. The molecule has 0 radical (unpaired) electrons. The van der Waals surface area contributed by atoms with Crippen LogP contribution >= 0.6 is 38.5 Å². The summed E-state index contributed by atoms with van der Waals surface area (Å²) in [5.41, 5.74) is 3.75. The maximum atomic E-state index is 12.1. The number of nitrogens with one attached hydrogen (secondary N) is 1. The third-order valence-corrected chi connectivity index (χ3v) is 4.54. The summed E-state index contributed by atoms with van der Waals surface area (Å²) in [6.45, 7) is 0.155. The molecule has 2 aromatic carbocycles. The molecule has 0 saturated carbocycles. The summed E-state index contributed by atoms with van der Waals surface area (Å²) >= 11 is 5.46. The van der Waals surface area contributed by atoms with Crippen LogP contribution in [0, 0.1) is 15.9 Å². The highest BCUT2D eigenvalue weighted by molar-refractivity contribution is 14.1. The van der Waals surface area contributed by atoms with Gasteiger partial charge in [-0.05, 0) is 68.3 Å². The van der Waals surface area contributed by atoms with Gasteiger partial charge in [-0.1, -0.05) is 18.1 Å². The van der Waals surface area contributed by atoms with Crippen molar-refractivity contribution < 1.29 is 14.3 Å². The lowest BCUT2D eigenvalue weighted by molar-refractivity contribution is 0.0954. The lowest BCUT2D eigenvalue weighted by atomic mass is 10.2. The molecule has 0 unspecified atom stereocenters. The Bertz CT molecular complexity index is 847. The van der Waals surface area contributed by atoms with E-state index < -0.39 is 0 Å². The zero-order chi connectivity index (χ0) is 18.2. The Kier molecular flexibility index (Phi) is 7.28. The van der Waals surface area contributed by atoms with Gasteiger partial charge in [0.15, 0.2) is 11.5 Å². The topological polar surface area (TPSA) is 59.9 Å². The third kappa shape index (κ3) is 5.21. The molecule has 0 atom stereocenters. The summed E-state index contributed by atoms with van der Waals surface area (Å²) in [6, 6.07) is 10.7. The van der Waals surface area contributed by atoms with Crippen LogP contribution in [0.1, 0.15) is 15.9 Å². The van der Waals surface area contributed by atoms with E-state index in [-0.39, 0.29) is 12.5 Å². The van der Waals surface area contributed by atoms with Crippen LogP contribution in [0.25, 0.3) is 0 Å². The smallest absolute Gasteiger partial charge is 0.272 e. The number of rotatable bonds is 6. The van der Waals surface area contributed by atoms with Crippen LogP contribution in [0.5, 0.6) is 11.5 Å². The second-order valence-corrected chi connectivity index (χ2v) is 6.72. The van der Waals surface area contributed by atoms with E-state index in [0.717, 1.165) is 9.13 Å². The third-order valence-electron chi connectivity index (χ3n) is 3.05. The van der Waals surface area contributed by atoms with Gasteiger partial charge in [0, 0.05) is 4.47 Å². The number of methoxy groups -OCH3 is 1. The fourth-order valence-electron chi connectivity index (χ4n) is 1.94. The van der Waals surface area contributed by atoms with Crippen LogP contribution in [-0.4, -0.2) is 25.8 Å². The predicted octanol–water partition coefficient (Wildman–Crippen LogP) is 3.84. The lowest BCUT2D eigenvalue weighted by Gasteiger charge is -2.11. The van der Waals surface area contributed by atoms with E-state index in [1.165, 1.54) is 6.21 Å². The van der Waals surface area contributed by atoms with Gasteiger partial charge in [-0.2, -0.15) is 5.10 Å². The molecule has 2 rings (SSSR count). The molecule has 0 heterocycles. The average Bonchev–Trinajstić information content (AvgIpc) is 2.60. The average molecular weight is 513 g/mol. The molecule has 0 spiro atoms. The molecule has 1 N–H and O–H groups in total. The van der Waals surface area contributed by atoms with Gasteiger partial charge in [0.05, 0.1) is 22.5 Å². The zero-order valence-electron chi connectivity index (χ0n) is 13.3. The maximum Gasteiger partial charge on any atom is 0.272 e. The summed E-state index contributed by atoms with van der Waals surface area (Å²) in [5, 5.41) is 3.99. The molecule has 25 heavy (non-hydrogen) atoms.